The first kappa shape index (κ1) is 19.0. The van der Waals surface area contributed by atoms with Crippen LogP contribution in [-0.2, 0) is 4.79 Å². The van der Waals surface area contributed by atoms with Crippen molar-refractivity contribution in [1.82, 2.24) is 0 Å². The van der Waals surface area contributed by atoms with Crippen molar-refractivity contribution in [3.05, 3.63) is 36.4 Å². The molecular weight excluding hydrogens is 264 g/mol. The van der Waals surface area contributed by atoms with Gasteiger partial charge in [-0.05, 0) is 18.6 Å². The summed E-state index contributed by atoms with van der Waals surface area (Å²) in [6.45, 7) is 3.84. The zero-order chi connectivity index (χ0) is 13.8. The van der Waals surface area contributed by atoms with Crippen molar-refractivity contribution in [3.63, 3.8) is 0 Å². The summed E-state index contributed by atoms with van der Waals surface area (Å²) in [6.07, 6.45) is 0.771. The minimum atomic E-state index is -0.196. The normalized spacial score (nSPS) is 11.0. The van der Waals surface area contributed by atoms with Crippen molar-refractivity contribution in [3.8, 4) is 11.5 Å². The Balaban J connectivity index is 0.00000200. The summed E-state index contributed by atoms with van der Waals surface area (Å²) in [6, 6.07) is 11.3. The molecule has 0 amide bonds. The Kier molecular flexibility index (Phi) is 7.50. The van der Waals surface area contributed by atoms with Crippen LogP contribution in [0.2, 0.25) is 0 Å². The Labute approximate surface area is 127 Å². The molecule has 0 aliphatic heterocycles. The number of methoxy groups -OCH3 is 1. The summed E-state index contributed by atoms with van der Waals surface area (Å²) in [5, 5.41) is 1.83. The van der Waals surface area contributed by atoms with E-state index in [2.05, 4.69) is 0 Å². The minimum Gasteiger partial charge on any atom is -0.496 e. The van der Waals surface area contributed by atoms with E-state index in [9.17, 15) is 4.79 Å². The van der Waals surface area contributed by atoms with Crippen molar-refractivity contribution in [2.75, 3.05) is 7.11 Å². The maximum atomic E-state index is 11.9. The summed E-state index contributed by atoms with van der Waals surface area (Å²) in [4.78, 5) is 11.9. The summed E-state index contributed by atoms with van der Waals surface area (Å²) in [5.41, 5.74) is 0. The lowest BCUT2D eigenvalue weighted by atomic mass is 10.1. The van der Waals surface area contributed by atoms with Gasteiger partial charge >= 0.3 is 5.97 Å². The van der Waals surface area contributed by atoms with Crippen molar-refractivity contribution < 1.29 is 14.3 Å². The van der Waals surface area contributed by atoms with Gasteiger partial charge in [0.25, 0.3) is 0 Å². The molecule has 0 saturated heterocycles. The Hall–Kier alpha value is -2.03. The molecule has 0 aliphatic rings. The van der Waals surface area contributed by atoms with Gasteiger partial charge in [0.15, 0.2) is 0 Å². The van der Waals surface area contributed by atoms with Crippen LogP contribution in [0.5, 0.6) is 11.5 Å². The zero-order valence-electron chi connectivity index (χ0n) is 11.5. The zero-order valence-corrected chi connectivity index (χ0v) is 11.5. The number of hydrogen-bond donors (Lipinski definition) is 0. The molecule has 0 aliphatic carbocycles. The average Bonchev–Trinajstić information content (AvgIpc) is 2.46. The van der Waals surface area contributed by atoms with Crippen LogP contribution in [0, 0.1) is 5.92 Å². The first-order valence-corrected chi connectivity index (χ1v) is 6.44. The SMILES string of the molecule is C.C.CCC(C)C(=O)Oc1cccc2c(OC)cccc12. The molecule has 116 valence electrons. The molecule has 0 bridgehead atoms. The lowest BCUT2D eigenvalue weighted by Gasteiger charge is -2.12. The van der Waals surface area contributed by atoms with Crippen molar-refractivity contribution in [2.45, 2.75) is 35.1 Å². The second-order valence-corrected chi connectivity index (χ2v) is 4.54. The van der Waals surface area contributed by atoms with E-state index in [4.69, 9.17) is 9.47 Å². The highest BCUT2D eigenvalue weighted by molar-refractivity contribution is 5.94. The highest BCUT2D eigenvalue weighted by atomic mass is 16.5. The van der Waals surface area contributed by atoms with Crippen LogP contribution in [0.15, 0.2) is 36.4 Å². The van der Waals surface area contributed by atoms with E-state index in [0.717, 1.165) is 22.9 Å². The average molecular weight is 290 g/mol. The first-order chi connectivity index (χ1) is 9.17. The lowest BCUT2D eigenvalue weighted by molar-refractivity contribution is -0.138. The Morgan fingerprint density at radius 2 is 1.57 bits per heavy atom. The number of ether oxygens (including phenoxy) is 2. The molecule has 2 aromatic rings. The fraction of sp³-hybridized carbons (Fsp3) is 0.389. The third kappa shape index (κ3) is 3.97. The van der Waals surface area contributed by atoms with E-state index in [1.165, 1.54) is 0 Å². The molecule has 21 heavy (non-hydrogen) atoms. The minimum absolute atomic E-state index is 0. The molecule has 0 N–H and O–H groups in total. The van der Waals surface area contributed by atoms with Crippen LogP contribution >= 0.6 is 0 Å². The lowest BCUT2D eigenvalue weighted by Crippen LogP contribution is -2.17. The summed E-state index contributed by atoms with van der Waals surface area (Å²) in [7, 11) is 1.63. The van der Waals surface area contributed by atoms with Gasteiger partial charge in [-0.3, -0.25) is 4.79 Å². The number of rotatable bonds is 4. The smallest absolute Gasteiger partial charge is 0.314 e. The van der Waals surface area contributed by atoms with Crippen LogP contribution < -0.4 is 9.47 Å². The van der Waals surface area contributed by atoms with Gasteiger partial charge < -0.3 is 9.47 Å². The molecular formula is C18H26O3. The van der Waals surface area contributed by atoms with Crippen LogP contribution in [-0.4, -0.2) is 13.1 Å². The van der Waals surface area contributed by atoms with Gasteiger partial charge in [-0.15, -0.1) is 0 Å². The number of fused-ring (bicyclic) bond motifs is 1. The van der Waals surface area contributed by atoms with E-state index < -0.39 is 0 Å². The molecule has 1 unspecified atom stereocenters. The molecule has 2 aromatic carbocycles. The Morgan fingerprint density at radius 3 is 2.10 bits per heavy atom. The van der Waals surface area contributed by atoms with E-state index in [-0.39, 0.29) is 26.7 Å². The second-order valence-electron chi connectivity index (χ2n) is 4.54. The summed E-state index contributed by atoms with van der Waals surface area (Å²) < 4.78 is 10.8. The van der Waals surface area contributed by atoms with Gasteiger partial charge in [0.2, 0.25) is 0 Å². The monoisotopic (exact) mass is 290 g/mol. The molecule has 1 atom stereocenters. The van der Waals surface area contributed by atoms with Crippen molar-refractivity contribution in [1.29, 1.82) is 0 Å². The van der Waals surface area contributed by atoms with Crippen LogP contribution in [0.25, 0.3) is 10.8 Å². The number of carbonyl (C=O) groups excluding carboxylic acids is 1. The maximum absolute atomic E-state index is 11.9. The fourth-order valence-electron chi connectivity index (χ4n) is 1.89. The Morgan fingerprint density at radius 1 is 1.05 bits per heavy atom. The van der Waals surface area contributed by atoms with Crippen molar-refractivity contribution in [2.24, 2.45) is 5.92 Å². The van der Waals surface area contributed by atoms with E-state index in [1.807, 2.05) is 50.2 Å². The topological polar surface area (TPSA) is 35.5 Å². The number of hydrogen-bond acceptors (Lipinski definition) is 3. The van der Waals surface area contributed by atoms with Gasteiger partial charge in [0.05, 0.1) is 13.0 Å². The molecule has 0 radical (unpaired) electrons. The molecule has 0 spiro atoms. The van der Waals surface area contributed by atoms with Crippen LogP contribution in [0.3, 0.4) is 0 Å². The highest BCUT2D eigenvalue weighted by Crippen LogP contribution is 2.32. The number of benzene rings is 2. The van der Waals surface area contributed by atoms with Gasteiger partial charge in [0.1, 0.15) is 11.5 Å². The molecule has 0 fully saturated rings. The van der Waals surface area contributed by atoms with E-state index >= 15 is 0 Å². The van der Waals surface area contributed by atoms with Gasteiger partial charge in [-0.2, -0.15) is 0 Å². The quantitative estimate of drug-likeness (QED) is 0.582. The van der Waals surface area contributed by atoms with E-state index in [1.54, 1.807) is 7.11 Å². The molecule has 0 heterocycles. The van der Waals surface area contributed by atoms with Crippen LogP contribution in [0.1, 0.15) is 35.1 Å². The molecule has 3 nitrogen and oxygen atoms in total. The molecule has 0 aromatic heterocycles. The third-order valence-electron chi connectivity index (χ3n) is 3.29. The van der Waals surface area contributed by atoms with Crippen molar-refractivity contribution >= 4 is 16.7 Å². The largest absolute Gasteiger partial charge is 0.496 e. The predicted octanol–water partition coefficient (Wildman–Crippen LogP) is 5.07. The number of esters is 1. The third-order valence-corrected chi connectivity index (χ3v) is 3.29. The van der Waals surface area contributed by atoms with Gasteiger partial charge in [-0.25, -0.2) is 0 Å². The summed E-state index contributed by atoms with van der Waals surface area (Å²) in [5.74, 6) is 1.07. The Bertz CT molecular complexity index is 590. The molecule has 2 rings (SSSR count). The van der Waals surface area contributed by atoms with Gasteiger partial charge in [-0.1, -0.05) is 53.0 Å². The fourth-order valence-corrected chi connectivity index (χ4v) is 1.89. The second kappa shape index (κ2) is 8.30. The van der Waals surface area contributed by atoms with Crippen LogP contribution in [0.4, 0.5) is 0 Å². The maximum Gasteiger partial charge on any atom is 0.314 e. The number of carbonyl (C=O) groups is 1. The van der Waals surface area contributed by atoms with E-state index in [0.29, 0.717) is 5.75 Å². The van der Waals surface area contributed by atoms with Gasteiger partial charge in [0, 0.05) is 10.8 Å². The molecule has 0 saturated carbocycles. The standard InChI is InChI=1S/C16H18O3.2CH4/c1-4-11(2)16(17)19-15-10-6-7-12-13(15)8-5-9-14(12)18-3;;/h5-11H,4H2,1-3H3;2*1H4. The summed E-state index contributed by atoms with van der Waals surface area (Å²) >= 11 is 0. The highest BCUT2D eigenvalue weighted by Gasteiger charge is 2.15. The predicted molar refractivity (Wildman–Crippen MR) is 89.1 cm³/mol. The molecule has 3 heteroatoms. The first-order valence-electron chi connectivity index (χ1n) is 6.44.